The molecule has 0 saturated carbocycles. The summed E-state index contributed by atoms with van der Waals surface area (Å²) in [6.07, 6.45) is 0.617. The molecule has 1 N–H and O–H groups in total. The van der Waals surface area contributed by atoms with Crippen LogP contribution in [0, 0.1) is 0 Å². The van der Waals surface area contributed by atoms with Crippen molar-refractivity contribution in [2.24, 2.45) is 0 Å². The second-order valence-electron chi connectivity index (χ2n) is 6.61. The Labute approximate surface area is 192 Å². The third-order valence-corrected chi connectivity index (χ3v) is 6.15. The first-order chi connectivity index (χ1) is 14.6. The Morgan fingerprint density at radius 2 is 1.60 bits per heavy atom. The monoisotopic (exact) mass is 497 g/mol. The average molecular weight is 499 g/mol. The molecule has 0 fully saturated rings. The highest BCUT2D eigenvalue weighted by Gasteiger charge is 2.13. The fourth-order valence-electron chi connectivity index (χ4n) is 2.91. The lowest BCUT2D eigenvalue weighted by molar-refractivity contribution is -0.113. The zero-order valence-electron chi connectivity index (χ0n) is 15.8. The van der Waals surface area contributed by atoms with E-state index in [0.29, 0.717) is 11.4 Å². The van der Waals surface area contributed by atoms with Crippen LogP contribution >= 0.6 is 39.3 Å². The third-order valence-electron chi connectivity index (χ3n) is 4.36. The van der Waals surface area contributed by atoms with E-state index in [1.54, 1.807) is 0 Å². The van der Waals surface area contributed by atoms with Gasteiger partial charge in [0.1, 0.15) is 5.03 Å². The van der Waals surface area contributed by atoms with E-state index in [-0.39, 0.29) is 11.7 Å². The van der Waals surface area contributed by atoms with E-state index in [2.05, 4.69) is 21.2 Å². The molecule has 0 aliphatic rings. The van der Waals surface area contributed by atoms with Crippen LogP contribution in [0.3, 0.4) is 0 Å². The topological polar surface area (TPSA) is 54.9 Å². The molecule has 1 aromatic heterocycles. The van der Waals surface area contributed by atoms with Gasteiger partial charge in [-0.15, -0.1) is 0 Å². The molecule has 4 rings (SSSR count). The maximum atomic E-state index is 12.4. The van der Waals surface area contributed by atoms with Crippen LogP contribution in [0.2, 0.25) is 5.02 Å². The number of benzene rings is 3. The number of halogens is 2. The van der Waals surface area contributed by atoms with Gasteiger partial charge >= 0.3 is 0 Å². The minimum atomic E-state index is -0.0882. The molecule has 1 amide bonds. The molecule has 150 valence electrons. The zero-order chi connectivity index (χ0) is 20.9. The Bertz CT molecular complexity index is 1180. The first-order valence-corrected chi connectivity index (χ1v) is 11.4. The summed E-state index contributed by atoms with van der Waals surface area (Å²) in [5.74, 6) is 0.159. The maximum absolute atomic E-state index is 12.4. The summed E-state index contributed by atoms with van der Waals surface area (Å²) in [6, 6.07) is 22.9. The minimum absolute atomic E-state index is 0.0882. The second-order valence-corrected chi connectivity index (χ2v) is 8.93. The van der Waals surface area contributed by atoms with Crippen molar-refractivity contribution >= 4 is 61.9 Å². The van der Waals surface area contributed by atoms with E-state index in [4.69, 9.17) is 21.6 Å². The summed E-state index contributed by atoms with van der Waals surface area (Å²) in [5, 5.41) is 4.36. The highest BCUT2D eigenvalue weighted by Crippen LogP contribution is 2.25. The van der Waals surface area contributed by atoms with Crippen molar-refractivity contribution in [3.63, 3.8) is 0 Å². The molecule has 0 spiro atoms. The van der Waals surface area contributed by atoms with Gasteiger partial charge in [0, 0.05) is 21.6 Å². The number of carbonyl (C=O) groups excluding carboxylic acids is 1. The molecule has 3 aromatic carbocycles. The summed E-state index contributed by atoms with van der Waals surface area (Å²) in [5.41, 5.74) is 4.34. The van der Waals surface area contributed by atoms with E-state index in [1.165, 1.54) is 11.8 Å². The number of carbonyl (C=O) groups is 1. The number of aromatic nitrogens is 2. The quantitative estimate of drug-likeness (QED) is 0.314. The molecule has 0 atom stereocenters. The summed E-state index contributed by atoms with van der Waals surface area (Å²) in [7, 11) is 0. The third kappa shape index (κ3) is 5.39. The predicted molar refractivity (Wildman–Crippen MR) is 127 cm³/mol. The van der Waals surface area contributed by atoms with Gasteiger partial charge < -0.3 is 5.32 Å². The lowest BCUT2D eigenvalue weighted by Crippen LogP contribution is -2.14. The Kier molecular flexibility index (Phi) is 6.67. The first-order valence-electron chi connectivity index (χ1n) is 9.25. The fourth-order valence-corrected chi connectivity index (χ4v) is 4.09. The van der Waals surface area contributed by atoms with E-state index < -0.39 is 0 Å². The molecular weight excluding hydrogens is 482 g/mol. The van der Waals surface area contributed by atoms with E-state index in [0.717, 1.165) is 37.5 Å². The largest absolute Gasteiger partial charge is 0.325 e. The van der Waals surface area contributed by atoms with Crippen molar-refractivity contribution in [1.82, 2.24) is 9.97 Å². The van der Waals surface area contributed by atoms with Crippen molar-refractivity contribution in [3.05, 3.63) is 93.5 Å². The standard InChI is InChI=1S/C23H17BrClN3OS/c24-16-7-11-18(12-8-16)26-22(29)14-30-23-21(13-15-5-9-17(25)10-6-15)27-19-3-1-2-4-20(19)28-23/h1-12H,13-14H2,(H,26,29). The number of fused-ring (bicyclic) bond motifs is 1. The lowest BCUT2D eigenvalue weighted by Gasteiger charge is -2.10. The van der Waals surface area contributed by atoms with Crippen LogP contribution < -0.4 is 5.32 Å². The van der Waals surface area contributed by atoms with Crippen LogP contribution in [0.1, 0.15) is 11.3 Å². The number of hydrogen-bond acceptors (Lipinski definition) is 4. The van der Waals surface area contributed by atoms with Gasteiger partial charge in [-0.1, -0.05) is 63.6 Å². The van der Waals surface area contributed by atoms with Crippen LogP contribution in [-0.4, -0.2) is 21.6 Å². The number of thioether (sulfide) groups is 1. The van der Waals surface area contributed by atoms with Crippen molar-refractivity contribution in [1.29, 1.82) is 0 Å². The van der Waals surface area contributed by atoms with E-state index in [1.807, 2.05) is 72.8 Å². The van der Waals surface area contributed by atoms with Crippen LogP contribution in [0.4, 0.5) is 5.69 Å². The van der Waals surface area contributed by atoms with Crippen molar-refractivity contribution in [2.75, 3.05) is 11.1 Å². The van der Waals surface area contributed by atoms with Crippen LogP contribution in [-0.2, 0) is 11.2 Å². The van der Waals surface area contributed by atoms with E-state index >= 15 is 0 Å². The summed E-state index contributed by atoms with van der Waals surface area (Å²) >= 11 is 10.8. The molecule has 0 aliphatic heterocycles. The maximum Gasteiger partial charge on any atom is 0.234 e. The highest BCUT2D eigenvalue weighted by atomic mass is 79.9. The molecular formula is C23H17BrClN3OS. The molecule has 0 aliphatic carbocycles. The molecule has 0 unspecified atom stereocenters. The van der Waals surface area contributed by atoms with Gasteiger partial charge in [0.25, 0.3) is 0 Å². The Morgan fingerprint density at radius 1 is 0.933 bits per heavy atom. The summed E-state index contributed by atoms with van der Waals surface area (Å²) in [6.45, 7) is 0. The number of hydrogen-bond donors (Lipinski definition) is 1. The SMILES string of the molecule is O=C(CSc1nc2ccccc2nc1Cc1ccc(Cl)cc1)Nc1ccc(Br)cc1. The Morgan fingerprint density at radius 3 is 2.30 bits per heavy atom. The number of nitrogens with one attached hydrogen (secondary N) is 1. The van der Waals surface area contributed by atoms with Gasteiger partial charge in [-0.3, -0.25) is 4.79 Å². The van der Waals surface area contributed by atoms with Crippen molar-refractivity contribution in [2.45, 2.75) is 11.4 Å². The lowest BCUT2D eigenvalue weighted by atomic mass is 10.1. The molecule has 0 saturated heterocycles. The zero-order valence-corrected chi connectivity index (χ0v) is 19.0. The molecule has 4 nitrogen and oxygen atoms in total. The fraction of sp³-hybridized carbons (Fsp3) is 0.0870. The van der Waals surface area contributed by atoms with Crippen LogP contribution in [0.25, 0.3) is 11.0 Å². The van der Waals surface area contributed by atoms with Crippen LogP contribution in [0.15, 0.2) is 82.3 Å². The van der Waals surface area contributed by atoms with Gasteiger partial charge in [-0.05, 0) is 54.1 Å². The second kappa shape index (κ2) is 9.60. The first kappa shape index (κ1) is 20.8. The minimum Gasteiger partial charge on any atom is -0.325 e. The predicted octanol–water partition coefficient (Wildman–Crippen LogP) is 6.37. The van der Waals surface area contributed by atoms with Gasteiger partial charge in [0.05, 0.1) is 22.5 Å². The molecule has 0 radical (unpaired) electrons. The van der Waals surface area contributed by atoms with Gasteiger partial charge in [0.2, 0.25) is 5.91 Å². The molecule has 4 aromatic rings. The molecule has 1 heterocycles. The Balaban J connectivity index is 1.54. The van der Waals surface area contributed by atoms with Gasteiger partial charge in [0.15, 0.2) is 0 Å². The van der Waals surface area contributed by atoms with Gasteiger partial charge in [-0.2, -0.15) is 0 Å². The van der Waals surface area contributed by atoms with Crippen molar-refractivity contribution < 1.29 is 4.79 Å². The number of nitrogens with zero attached hydrogens (tertiary/aromatic N) is 2. The number of anilines is 1. The number of rotatable bonds is 6. The Hall–Kier alpha value is -2.41. The smallest absolute Gasteiger partial charge is 0.234 e. The summed E-state index contributed by atoms with van der Waals surface area (Å²) in [4.78, 5) is 22.0. The number of para-hydroxylation sites is 2. The molecule has 0 bridgehead atoms. The molecule has 7 heteroatoms. The van der Waals surface area contributed by atoms with Crippen molar-refractivity contribution in [3.8, 4) is 0 Å². The average Bonchev–Trinajstić information content (AvgIpc) is 2.75. The highest BCUT2D eigenvalue weighted by molar-refractivity contribution is 9.10. The van der Waals surface area contributed by atoms with Gasteiger partial charge in [-0.25, -0.2) is 9.97 Å². The van der Waals surface area contributed by atoms with E-state index in [9.17, 15) is 4.79 Å². The molecule has 30 heavy (non-hydrogen) atoms. The van der Waals surface area contributed by atoms with Crippen LogP contribution in [0.5, 0.6) is 0 Å². The summed E-state index contributed by atoms with van der Waals surface area (Å²) < 4.78 is 0.966. The number of amides is 1. The normalized spacial score (nSPS) is 10.9.